The Kier molecular flexibility index (Phi) is 3.21. The average molecular weight is 192 g/mol. The Bertz CT molecular complexity index is 193. The van der Waals surface area contributed by atoms with Crippen molar-refractivity contribution in [2.45, 2.75) is 31.5 Å². The molecule has 0 amide bonds. The Morgan fingerprint density at radius 1 is 1.38 bits per heavy atom. The van der Waals surface area contributed by atoms with E-state index in [2.05, 4.69) is 4.74 Å². The SMILES string of the molecule is CC(=O)OC1OC[C@@H](O)[C@@H](O)[C@H]1O. The number of hydrogen-bond donors (Lipinski definition) is 3. The van der Waals surface area contributed by atoms with Crippen LogP contribution < -0.4 is 0 Å². The zero-order chi connectivity index (χ0) is 10.0. The van der Waals surface area contributed by atoms with Crippen LogP contribution in [0.1, 0.15) is 6.92 Å². The summed E-state index contributed by atoms with van der Waals surface area (Å²) in [6.07, 6.45) is -5.11. The van der Waals surface area contributed by atoms with Crippen molar-refractivity contribution in [3.8, 4) is 0 Å². The molecule has 13 heavy (non-hydrogen) atoms. The molecule has 0 aliphatic carbocycles. The monoisotopic (exact) mass is 192 g/mol. The molecular weight excluding hydrogens is 180 g/mol. The highest BCUT2D eigenvalue weighted by Gasteiger charge is 2.39. The Balaban J connectivity index is 2.53. The summed E-state index contributed by atoms with van der Waals surface area (Å²) in [7, 11) is 0. The Morgan fingerprint density at radius 3 is 2.54 bits per heavy atom. The molecule has 0 radical (unpaired) electrons. The van der Waals surface area contributed by atoms with Gasteiger partial charge in [0, 0.05) is 6.92 Å². The number of aliphatic hydroxyl groups excluding tert-OH is 3. The maximum Gasteiger partial charge on any atom is 0.305 e. The van der Waals surface area contributed by atoms with E-state index in [0.29, 0.717) is 0 Å². The lowest BCUT2D eigenvalue weighted by molar-refractivity contribution is -0.261. The fourth-order valence-electron chi connectivity index (χ4n) is 1.05. The second-order valence-corrected chi connectivity index (χ2v) is 2.86. The van der Waals surface area contributed by atoms with E-state index in [1.807, 2.05) is 0 Å². The minimum Gasteiger partial charge on any atom is -0.433 e. The summed E-state index contributed by atoms with van der Waals surface area (Å²) in [5, 5.41) is 27.4. The van der Waals surface area contributed by atoms with Gasteiger partial charge in [0.15, 0.2) is 0 Å². The minimum absolute atomic E-state index is 0.170. The lowest BCUT2D eigenvalue weighted by Gasteiger charge is -2.34. The molecule has 3 N–H and O–H groups in total. The highest BCUT2D eigenvalue weighted by Crippen LogP contribution is 2.16. The van der Waals surface area contributed by atoms with Crippen molar-refractivity contribution < 1.29 is 29.6 Å². The highest BCUT2D eigenvalue weighted by atomic mass is 16.7. The van der Waals surface area contributed by atoms with Gasteiger partial charge in [-0.25, -0.2) is 0 Å². The van der Waals surface area contributed by atoms with Crippen LogP contribution in [0.15, 0.2) is 0 Å². The van der Waals surface area contributed by atoms with Gasteiger partial charge in [0.05, 0.1) is 6.61 Å². The van der Waals surface area contributed by atoms with Crippen LogP contribution in [-0.2, 0) is 14.3 Å². The van der Waals surface area contributed by atoms with Crippen LogP contribution >= 0.6 is 0 Å². The van der Waals surface area contributed by atoms with Gasteiger partial charge in [-0.05, 0) is 0 Å². The third-order valence-electron chi connectivity index (χ3n) is 1.74. The smallest absolute Gasteiger partial charge is 0.305 e. The number of carbonyl (C=O) groups is 1. The zero-order valence-corrected chi connectivity index (χ0v) is 7.08. The lowest BCUT2D eigenvalue weighted by Crippen LogP contribution is -2.54. The molecule has 0 spiro atoms. The predicted octanol–water partition coefficient (Wildman–Crippen LogP) is -2.01. The van der Waals surface area contributed by atoms with Crippen LogP contribution in [0.3, 0.4) is 0 Å². The molecule has 1 aliphatic heterocycles. The van der Waals surface area contributed by atoms with Crippen LogP contribution in [0.5, 0.6) is 0 Å². The highest BCUT2D eigenvalue weighted by molar-refractivity contribution is 5.66. The molecule has 0 aromatic rings. The van der Waals surface area contributed by atoms with Crippen molar-refractivity contribution >= 4 is 5.97 Å². The first kappa shape index (κ1) is 10.4. The standard InChI is InChI=1S/C7H12O6/c1-3(8)13-7-6(11)5(10)4(9)2-12-7/h4-7,9-11H,2H2,1H3/t4-,5-,6-,7?/m1/s1. The van der Waals surface area contributed by atoms with Crippen LogP contribution in [-0.4, -0.2) is 52.5 Å². The Morgan fingerprint density at radius 2 is 2.00 bits per heavy atom. The quantitative estimate of drug-likeness (QED) is 0.415. The molecule has 1 fully saturated rings. The first-order chi connectivity index (χ1) is 6.02. The molecule has 6 nitrogen and oxygen atoms in total. The minimum atomic E-state index is -1.41. The van der Waals surface area contributed by atoms with Crippen molar-refractivity contribution in [2.75, 3.05) is 6.61 Å². The second kappa shape index (κ2) is 4.01. The van der Waals surface area contributed by atoms with Gasteiger partial charge in [0.25, 0.3) is 0 Å². The van der Waals surface area contributed by atoms with Crippen molar-refractivity contribution in [1.29, 1.82) is 0 Å². The predicted molar refractivity (Wildman–Crippen MR) is 39.5 cm³/mol. The number of hydrogen-bond acceptors (Lipinski definition) is 6. The van der Waals surface area contributed by atoms with E-state index in [1.54, 1.807) is 0 Å². The van der Waals surface area contributed by atoms with Crippen LogP contribution in [0, 0.1) is 0 Å². The number of aliphatic hydroxyl groups is 3. The molecular formula is C7H12O6. The van der Waals surface area contributed by atoms with Gasteiger partial charge in [0.1, 0.15) is 18.3 Å². The molecule has 1 saturated heterocycles. The normalized spacial score (nSPS) is 40.0. The maximum absolute atomic E-state index is 10.5. The number of rotatable bonds is 1. The fourth-order valence-corrected chi connectivity index (χ4v) is 1.05. The number of carbonyl (C=O) groups excluding carboxylic acids is 1. The number of ether oxygens (including phenoxy) is 2. The van der Waals surface area contributed by atoms with Crippen molar-refractivity contribution in [1.82, 2.24) is 0 Å². The fraction of sp³-hybridized carbons (Fsp3) is 0.857. The average Bonchev–Trinajstić information content (AvgIpc) is 2.06. The maximum atomic E-state index is 10.5. The molecule has 0 aromatic heterocycles. The molecule has 76 valence electrons. The molecule has 1 heterocycles. The van der Waals surface area contributed by atoms with Gasteiger partial charge in [0.2, 0.25) is 6.29 Å². The summed E-state index contributed by atoms with van der Waals surface area (Å²) < 4.78 is 9.32. The van der Waals surface area contributed by atoms with Gasteiger partial charge in [-0.15, -0.1) is 0 Å². The molecule has 6 heteroatoms. The van der Waals surface area contributed by atoms with E-state index in [0.717, 1.165) is 6.92 Å². The van der Waals surface area contributed by atoms with Crippen molar-refractivity contribution in [2.24, 2.45) is 0 Å². The molecule has 4 atom stereocenters. The molecule has 1 unspecified atom stereocenters. The summed E-state index contributed by atoms with van der Waals surface area (Å²) in [6, 6.07) is 0. The Labute approximate surface area is 74.7 Å². The zero-order valence-electron chi connectivity index (χ0n) is 7.08. The van der Waals surface area contributed by atoms with Crippen molar-refractivity contribution in [3.63, 3.8) is 0 Å². The van der Waals surface area contributed by atoms with Gasteiger partial charge in [-0.1, -0.05) is 0 Å². The lowest BCUT2D eigenvalue weighted by atomic mass is 10.1. The summed E-state index contributed by atoms with van der Waals surface area (Å²) in [5.41, 5.74) is 0. The van der Waals surface area contributed by atoms with E-state index < -0.39 is 30.6 Å². The van der Waals surface area contributed by atoms with Crippen LogP contribution in [0.2, 0.25) is 0 Å². The van der Waals surface area contributed by atoms with E-state index in [1.165, 1.54) is 0 Å². The van der Waals surface area contributed by atoms with Crippen molar-refractivity contribution in [3.05, 3.63) is 0 Å². The van der Waals surface area contributed by atoms with Gasteiger partial charge in [-0.3, -0.25) is 4.79 Å². The largest absolute Gasteiger partial charge is 0.433 e. The van der Waals surface area contributed by atoms with Gasteiger partial charge in [-0.2, -0.15) is 0 Å². The second-order valence-electron chi connectivity index (χ2n) is 2.86. The van der Waals surface area contributed by atoms with E-state index in [9.17, 15) is 9.90 Å². The van der Waals surface area contributed by atoms with E-state index >= 15 is 0 Å². The first-order valence-electron chi connectivity index (χ1n) is 3.85. The van der Waals surface area contributed by atoms with E-state index in [4.69, 9.17) is 14.9 Å². The molecule has 1 rings (SSSR count). The van der Waals surface area contributed by atoms with Crippen LogP contribution in [0.25, 0.3) is 0 Å². The molecule has 0 aromatic carbocycles. The summed E-state index contributed by atoms with van der Waals surface area (Å²) in [5.74, 6) is -0.618. The van der Waals surface area contributed by atoms with Gasteiger partial charge >= 0.3 is 5.97 Å². The van der Waals surface area contributed by atoms with E-state index in [-0.39, 0.29) is 6.61 Å². The third kappa shape index (κ3) is 2.38. The molecule has 0 bridgehead atoms. The third-order valence-corrected chi connectivity index (χ3v) is 1.74. The Hall–Kier alpha value is -0.690. The first-order valence-corrected chi connectivity index (χ1v) is 3.85. The summed E-state index contributed by atoms with van der Waals surface area (Å²) >= 11 is 0. The molecule has 0 saturated carbocycles. The van der Waals surface area contributed by atoms with Gasteiger partial charge < -0.3 is 24.8 Å². The topological polar surface area (TPSA) is 96.2 Å². The number of esters is 1. The summed E-state index contributed by atoms with van der Waals surface area (Å²) in [6.45, 7) is 0.990. The van der Waals surface area contributed by atoms with Crippen LogP contribution in [0.4, 0.5) is 0 Å². The molecule has 1 aliphatic rings. The summed E-state index contributed by atoms with van der Waals surface area (Å²) in [4.78, 5) is 10.5.